The van der Waals surface area contributed by atoms with Crippen LogP contribution >= 0.6 is 11.6 Å². The number of hydrogen-bond donors (Lipinski definition) is 0. The van der Waals surface area contributed by atoms with Gasteiger partial charge in [-0.05, 0) is 54.5 Å². The maximum atomic E-state index is 13.3. The SMILES string of the molecule is CN1C(=O)N(CCC2(C)CCC2)COc2c1nc(Oc1cccc(OC(F)(F)F)c1)n2Cc1ccc(Cl)cc1. The highest BCUT2D eigenvalue weighted by molar-refractivity contribution is 6.30. The van der Waals surface area contributed by atoms with Crippen molar-refractivity contribution < 1.29 is 32.2 Å². The molecule has 1 aromatic heterocycles. The number of anilines is 1. The summed E-state index contributed by atoms with van der Waals surface area (Å²) in [5, 5.41) is 0.568. The lowest BCUT2D eigenvalue weighted by Crippen LogP contribution is -2.43. The van der Waals surface area contributed by atoms with Crippen LogP contribution in [0.4, 0.5) is 23.8 Å². The minimum Gasteiger partial charge on any atom is -0.455 e. The van der Waals surface area contributed by atoms with Crippen LogP contribution in [0.25, 0.3) is 0 Å². The fraction of sp³-hybridized carbons (Fsp3) is 0.407. The van der Waals surface area contributed by atoms with Crippen molar-refractivity contribution in [3.8, 4) is 23.4 Å². The average Bonchev–Trinajstić information content (AvgIpc) is 3.13. The minimum atomic E-state index is -4.85. The highest BCUT2D eigenvalue weighted by atomic mass is 35.5. The lowest BCUT2D eigenvalue weighted by atomic mass is 9.68. The number of amides is 2. The number of rotatable bonds is 8. The zero-order chi connectivity index (χ0) is 27.8. The molecule has 0 bridgehead atoms. The Kier molecular flexibility index (Phi) is 7.28. The molecule has 8 nitrogen and oxygen atoms in total. The minimum absolute atomic E-state index is 0.0207. The van der Waals surface area contributed by atoms with E-state index in [2.05, 4.69) is 16.6 Å². The van der Waals surface area contributed by atoms with Crippen LogP contribution < -0.4 is 19.1 Å². The smallest absolute Gasteiger partial charge is 0.455 e. The molecular formula is C27H28ClF3N4O4. The molecule has 0 spiro atoms. The normalized spacial score (nSPS) is 16.7. The first-order valence-electron chi connectivity index (χ1n) is 12.5. The van der Waals surface area contributed by atoms with Gasteiger partial charge in [0.1, 0.15) is 11.5 Å². The number of halogens is 4. The number of carbonyl (C=O) groups is 1. The summed E-state index contributed by atoms with van der Waals surface area (Å²) in [6, 6.07) is 12.0. The van der Waals surface area contributed by atoms with E-state index in [0.29, 0.717) is 17.4 Å². The second kappa shape index (κ2) is 10.5. The Balaban J connectivity index is 1.45. The first kappa shape index (κ1) is 27.0. The Morgan fingerprint density at radius 1 is 1.13 bits per heavy atom. The van der Waals surface area contributed by atoms with Gasteiger partial charge in [-0.2, -0.15) is 4.98 Å². The predicted octanol–water partition coefficient (Wildman–Crippen LogP) is 7.06. The first-order chi connectivity index (χ1) is 18.5. The molecule has 0 N–H and O–H groups in total. The van der Waals surface area contributed by atoms with Crippen molar-refractivity contribution in [1.29, 1.82) is 0 Å². The summed E-state index contributed by atoms with van der Waals surface area (Å²) in [6.45, 7) is 3.05. The van der Waals surface area contributed by atoms with Gasteiger partial charge in [-0.25, -0.2) is 4.79 Å². The third-order valence-electron chi connectivity index (χ3n) is 7.15. The van der Waals surface area contributed by atoms with Gasteiger partial charge in [-0.15, -0.1) is 13.2 Å². The third-order valence-corrected chi connectivity index (χ3v) is 7.40. The molecule has 208 valence electrons. The first-order valence-corrected chi connectivity index (χ1v) is 12.9. The standard InChI is InChI=1S/C27H28ClF3N4O4/c1-26(11-4-12-26)13-14-34-17-37-23-22(33(2)25(34)36)32-24(35(23)16-18-7-9-19(28)10-8-18)38-20-5-3-6-21(15-20)39-27(29,30)31/h3,5-10,15H,4,11-14,16-17H2,1-2H3. The predicted molar refractivity (Wildman–Crippen MR) is 139 cm³/mol. The Bertz CT molecular complexity index is 1340. The Hall–Kier alpha value is -3.60. The van der Waals surface area contributed by atoms with Crippen molar-refractivity contribution >= 4 is 23.4 Å². The molecule has 2 aliphatic rings. The molecule has 2 aromatic carbocycles. The summed E-state index contributed by atoms with van der Waals surface area (Å²) in [5.74, 6) is 0.176. The summed E-state index contributed by atoms with van der Waals surface area (Å²) in [6.07, 6.45) is -0.463. The number of fused-ring (bicyclic) bond motifs is 1. The van der Waals surface area contributed by atoms with Gasteiger partial charge in [0.25, 0.3) is 0 Å². The monoisotopic (exact) mass is 564 g/mol. The summed E-state index contributed by atoms with van der Waals surface area (Å²) in [4.78, 5) is 20.9. The van der Waals surface area contributed by atoms with Crippen molar-refractivity contribution in [3.05, 3.63) is 59.1 Å². The van der Waals surface area contributed by atoms with Crippen molar-refractivity contribution in [2.24, 2.45) is 5.41 Å². The van der Waals surface area contributed by atoms with E-state index >= 15 is 0 Å². The van der Waals surface area contributed by atoms with Gasteiger partial charge < -0.3 is 14.2 Å². The number of ether oxygens (including phenoxy) is 3. The van der Waals surface area contributed by atoms with Crippen LogP contribution in [0.5, 0.6) is 23.4 Å². The highest BCUT2D eigenvalue weighted by Gasteiger charge is 2.36. The van der Waals surface area contributed by atoms with E-state index in [1.807, 2.05) is 12.1 Å². The number of hydrogen-bond acceptors (Lipinski definition) is 5. The van der Waals surface area contributed by atoms with E-state index in [4.69, 9.17) is 21.1 Å². The molecule has 5 rings (SSSR count). The number of imidazole rings is 1. The molecule has 2 amide bonds. The highest BCUT2D eigenvalue weighted by Crippen LogP contribution is 2.44. The molecule has 1 fully saturated rings. The van der Waals surface area contributed by atoms with Crippen molar-refractivity contribution in [1.82, 2.24) is 14.5 Å². The number of aromatic nitrogens is 2. The largest absolute Gasteiger partial charge is 0.573 e. The van der Waals surface area contributed by atoms with Crippen LogP contribution in [0, 0.1) is 5.41 Å². The molecule has 0 atom stereocenters. The zero-order valence-electron chi connectivity index (χ0n) is 21.5. The quantitative estimate of drug-likeness (QED) is 0.293. The van der Waals surface area contributed by atoms with Gasteiger partial charge in [-0.3, -0.25) is 14.4 Å². The summed E-state index contributed by atoms with van der Waals surface area (Å²) < 4.78 is 55.9. The number of urea groups is 1. The lowest BCUT2D eigenvalue weighted by Gasteiger charge is -2.39. The molecule has 12 heteroatoms. The molecule has 0 unspecified atom stereocenters. The number of benzene rings is 2. The summed E-state index contributed by atoms with van der Waals surface area (Å²) >= 11 is 6.05. The van der Waals surface area contributed by atoms with Gasteiger partial charge in [0, 0.05) is 24.7 Å². The molecule has 2 heterocycles. The Morgan fingerprint density at radius 2 is 1.85 bits per heavy atom. The van der Waals surface area contributed by atoms with Crippen LogP contribution in [-0.4, -0.2) is 47.2 Å². The van der Waals surface area contributed by atoms with Crippen LogP contribution in [-0.2, 0) is 6.54 Å². The molecule has 39 heavy (non-hydrogen) atoms. The van der Waals surface area contributed by atoms with Crippen LogP contribution in [0.1, 0.15) is 38.2 Å². The van der Waals surface area contributed by atoms with Crippen LogP contribution in [0.15, 0.2) is 48.5 Å². The van der Waals surface area contributed by atoms with Gasteiger partial charge in [0.15, 0.2) is 6.73 Å². The molecule has 3 aromatic rings. The van der Waals surface area contributed by atoms with Crippen LogP contribution in [0.2, 0.25) is 5.02 Å². The fourth-order valence-corrected chi connectivity index (χ4v) is 4.82. The van der Waals surface area contributed by atoms with Gasteiger partial charge >= 0.3 is 18.4 Å². The molecule has 1 aliphatic carbocycles. The van der Waals surface area contributed by atoms with Gasteiger partial charge in [-0.1, -0.05) is 43.1 Å². The maximum Gasteiger partial charge on any atom is 0.573 e. The van der Waals surface area contributed by atoms with E-state index in [9.17, 15) is 18.0 Å². The molecular weight excluding hydrogens is 537 g/mol. The number of nitrogens with zero attached hydrogens (tertiary/aromatic N) is 4. The maximum absolute atomic E-state index is 13.3. The molecule has 0 saturated heterocycles. The van der Waals surface area contributed by atoms with E-state index in [0.717, 1.165) is 30.9 Å². The van der Waals surface area contributed by atoms with E-state index in [1.165, 1.54) is 29.5 Å². The zero-order valence-corrected chi connectivity index (χ0v) is 22.3. The molecule has 1 aliphatic heterocycles. The lowest BCUT2D eigenvalue weighted by molar-refractivity contribution is -0.274. The van der Waals surface area contributed by atoms with E-state index in [-0.39, 0.29) is 42.3 Å². The van der Waals surface area contributed by atoms with E-state index in [1.54, 1.807) is 28.6 Å². The van der Waals surface area contributed by atoms with Crippen LogP contribution in [0.3, 0.4) is 0 Å². The molecule has 0 radical (unpaired) electrons. The second-order valence-electron chi connectivity index (χ2n) is 10.2. The van der Waals surface area contributed by atoms with Crippen molar-refractivity contribution in [2.75, 3.05) is 25.2 Å². The second-order valence-corrected chi connectivity index (χ2v) is 10.6. The molecule has 1 saturated carbocycles. The van der Waals surface area contributed by atoms with Crippen molar-refractivity contribution in [3.63, 3.8) is 0 Å². The Morgan fingerprint density at radius 3 is 2.51 bits per heavy atom. The van der Waals surface area contributed by atoms with Gasteiger partial charge in [0.05, 0.1) is 6.54 Å². The number of alkyl halides is 3. The Labute approximate surface area is 228 Å². The van der Waals surface area contributed by atoms with E-state index < -0.39 is 12.1 Å². The topological polar surface area (TPSA) is 69.1 Å². The third kappa shape index (κ3) is 6.19. The van der Waals surface area contributed by atoms with Crippen molar-refractivity contribution in [2.45, 2.75) is 45.5 Å². The fourth-order valence-electron chi connectivity index (χ4n) is 4.69. The number of carbonyl (C=O) groups excluding carboxylic acids is 1. The summed E-state index contributed by atoms with van der Waals surface area (Å²) in [7, 11) is 1.61. The average molecular weight is 565 g/mol. The summed E-state index contributed by atoms with van der Waals surface area (Å²) in [5.41, 5.74) is 1.08. The van der Waals surface area contributed by atoms with Gasteiger partial charge in [0.2, 0.25) is 11.7 Å².